The Hall–Kier alpha value is -2.10. The van der Waals surface area contributed by atoms with Gasteiger partial charge in [0.15, 0.2) is 0 Å². The Bertz CT molecular complexity index is 489. The number of rotatable bonds is 3. The first-order valence-electron chi connectivity index (χ1n) is 5.68. The van der Waals surface area contributed by atoms with Gasteiger partial charge >= 0.3 is 11.9 Å². The summed E-state index contributed by atoms with van der Waals surface area (Å²) in [7, 11) is 0. The lowest BCUT2D eigenvalue weighted by atomic mass is 10.1. The summed E-state index contributed by atoms with van der Waals surface area (Å²) >= 11 is 0. The molecule has 0 radical (unpaired) electrons. The minimum Gasteiger partial charge on any atom is -0.463 e. The lowest BCUT2D eigenvalue weighted by Crippen LogP contribution is -2.36. The van der Waals surface area contributed by atoms with Gasteiger partial charge in [-0.1, -0.05) is 24.8 Å². The van der Waals surface area contributed by atoms with Crippen LogP contribution in [0.1, 0.15) is 29.3 Å². The van der Waals surface area contributed by atoms with Crippen LogP contribution in [0.3, 0.4) is 0 Å². The van der Waals surface area contributed by atoms with E-state index in [2.05, 4.69) is 6.58 Å². The summed E-state index contributed by atoms with van der Waals surface area (Å²) in [5.74, 6) is -1.01. The van der Waals surface area contributed by atoms with Crippen molar-refractivity contribution in [3.05, 3.63) is 42.0 Å². The third-order valence-corrected chi connectivity index (χ3v) is 2.94. The van der Waals surface area contributed by atoms with Crippen LogP contribution in [0.5, 0.6) is 0 Å². The number of cyclic esters (lactones) is 1. The lowest BCUT2D eigenvalue weighted by molar-refractivity contribution is -0.152. The highest BCUT2D eigenvalue weighted by atomic mass is 16.6. The van der Waals surface area contributed by atoms with Gasteiger partial charge in [0.2, 0.25) is 5.60 Å². The topological polar surface area (TPSA) is 52.6 Å². The van der Waals surface area contributed by atoms with E-state index in [4.69, 9.17) is 9.47 Å². The second kappa shape index (κ2) is 4.64. The molecule has 0 N–H and O–H groups in total. The molecule has 0 amide bonds. The van der Waals surface area contributed by atoms with Gasteiger partial charge in [0.05, 0.1) is 12.2 Å². The van der Waals surface area contributed by atoms with Crippen LogP contribution < -0.4 is 0 Å². The van der Waals surface area contributed by atoms with E-state index in [1.54, 1.807) is 37.3 Å². The second-order valence-electron chi connectivity index (χ2n) is 4.33. The second-order valence-corrected chi connectivity index (χ2v) is 4.33. The average Bonchev–Trinajstić information content (AvgIpc) is 2.69. The van der Waals surface area contributed by atoms with Gasteiger partial charge in [-0.15, -0.1) is 0 Å². The van der Waals surface area contributed by atoms with E-state index in [0.717, 1.165) is 5.56 Å². The Morgan fingerprint density at radius 2 is 2.11 bits per heavy atom. The lowest BCUT2D eigenvalue weighted by Gasteiger charge is -2.19. The van der Waals surface area contributed by atoms with Crippen LogP contribution in [0.2, 0.25) is 0 Å². The molecule has 0 spiro atoms. The Kier molecular flexibility index (Phi) is 3.19. The summed E-state index contributed by atoms with van der Waals surface area (Å²) in [6, 6.07) is 6.81. The van der Waals surface area contributed by atoms with Gasteiger partial charge < -0.3 is 9.47 Å². The minimum absolute atomic E-state index is 0.290. The van der Waals surface area contributed by atoms with E-state index in [1.807, 2.05) is 0 Å². The zero-order chi connectivity index (χ0) is 13.2. The van der Waals surface area contributed by atoms with Crippen molar-refractivity contribution in [1.29, 1.82) is 0 Å². The van der Waals surface area contributed by atoms with E-state index >= 15 is 0 Å². The van der Waals surface area contributed by atoms with Gasteiger partial charge in [-0.2, -0.15) is 0 Å². The number of esters is 2. The summed E-state index contributed by atoms with van der Waals surface area (Å²) in [6.07, 6.45) is 2.08. The minimum atomic E-state index is -1.16. The summed E-state index contributed by atoms with van der Waals surface area (Å²) < 4.78 is 10.0. The van der Waals surface area contributed by atoms with E-state index in [-0.39, 0.29) is 6.61 Å². The van der Waals surface area contributed by atoms with Crippen LogP contribution >= 0.6 is 0 Å². The highest BCUT2D eigenvalue weighted by molar-refractivity contribution is 5.93. The van der Waals surface area contributed by atoms with Gasteiger partial charge in [0.1, 0.15) is 0 Å². The SMILES string of the molecule is C=Cc1ccc(C(=O)OC2(C)CCOC2=O)cc1. The standard InChI is InChI=1S/C14H14O4/c1-3-10-4-6-11(7-5-10)12(15)18-14(2)8-9-17-13(14)16/h3-7H,1,8-9H2,2H3. The van der Waals surface area contributed by atoms with Gasteiger partial charge in [0, 0.05) is 6.42 Å². The largest absolute Gasteiger partial charge is 0.463 e. The number of hydrogen-bond acceptors (Lipinski definition) is 4. The fourth-order valence-corrected chi connectivity index (χ4v) is 1.70. The molecule has 4 heteroatoms. The monoisotopic (exact) mass is 246 g/mol. The maximum Gasteiger partial charge on any atom is 0.350 e. The van der Waals surface area contributed by atoms with Crippen molar-refractivity contribution in [2.75, 3.05) is 6.61 Å². The molecule has 1 saturated heterocycles. The normalized spacial score (nSPS) is 22.4. The molecule has 1 aromatic carbocycles. The summed E-state index contributed by atoms with van der Waals surface area (Å²) in [5, 5.41) is 0. The van der Waals surface area contributed by atoms with Crippen molar-refractivity contribution in [3.63, 3.8) is 0 Å². The molecular weight excluding hydrogens is 232 g/mol. The van der Waals surface area contributed by atoms with E-state index in [1.165, 1.54) is 0 Å². The molecule has 1 heterocycles. The molecule has 2 rings (SSSR count). The Morgan fingerprint density at radius 1 is 1.44 bits per heavy atom. The molecule has 1 aliphatic heterocycles. The molecule has 0 aromatic heterocycles. The maximum atomic E-state index is 11.9. The van der Waals surface area contributed by atoms with Crippen LogP contribution in [-0.4, -0.2) is 24.1 Å². The molecule has 0 bridgehead atoms. The fraction of sp³-hybridized carbons (Fsp3) is 0.286. The van der Waals surface area contributed by atoms with Gasteiger partial charge in [0.25, 0.3) is 0 Å². The van der Waals surface area contributed by atoms with Crippen LogP contribution in [0.15, 0.2) is 30.8 Å². The molecule has 94 valence electrons. The van der Waals surface area contributed by atoms with E-state index in [0.29, 0.717) is 12.0 Å². The Morgan fingerprint density at radius 3 is 2.61 bits per heavy atom. The zero-order valence-corrected chi connectivity index (χ0v) is 10.1. The Balaban J connectivity index is 2.11. The molecule has 18 heavy (non-hydrogen) atoms. The first-order valence-corrected chi connectivity index (χ1v) is 5.68. The molecule has 1 atom stereocenters. The van der Waals surface area contributed by atoms with Crippen molar-refractivity contribution >= 4 is 18.0 Å². The summed E-state index contributed by atoms with van der Waals surface area (Å²) in [4.78, 5) is 23.3. The number of benzene rings is 1. The number of carbonyl (C=O) groups is 2. The maximum absolute atomic E-state index is 11.9. The van der Waals surface area contributed by atoms with Gasteiger partial charge in [-0.3, -0.25) is 0 Å². The fourth-order valence-electron chi connectivity index (χ4n) is 1.70. The molecule has 0 aliphatic carbocycles. The molecule has 0 saturated carbocycles. The van der Waals surface area contributed by atoms with Gasteiger partial charge in [-0.25, -0.2) is 9.59 Å². The molecule has 4 nitrogen and oxygen atoms in total. The van der Waals surface area contributed by atoms with Crippen LogP contribution in [0, 0.1) is 0 Å². The predicted octanol–water partition coefficient (Wildman–Crippen LogP) is 2.19. The summed E-state index contributed by atoms with van der Waals surface area (Å²) in [5.41, 5.74) is 0.160. The van der Waals surface area contributed by atoms with Crippen LogP contribution in [0.25, 0.3) is 6.08 Å². The third kappa shape index (κ3) is 2.27. The van der Waals surface area contributed by atoms with Crippen molar-refractivity contribution in [1.82, 2.24) is 0 Å². The quantitative estimate of drug-likeness (QED) is 0.767. The highest BCUT2D eigenvalue weighted by Gasteiger charge is 2.44. The zero-order valence-electron chi connectivity index (χ0n) is 10.1. The average molecular weight is 246 g/mol. The Labute approximate surface area is 105 Å². The first-order chi connectivity index (χ1) is 8.55. The number of ether oxygens (including phenoxy) is 2. The number of carbonyl (C=O) groups excluding carboxylic acids is 2. The van der Waals surface area contributed by atoms with Crippen molar-refractivity contribution in [3.8, 4) is 0 Å². The highest BCUT2D eigenvalue weighted by Crippen LogP contribution is 2.25. The molecule has 1 fully saturated rings. The molecular formula is C14H14O4. The van der Waals surface area contributed by atoms with Crippen molar-refractivity contribution in [2.45, 2.75) is 18.9 Å². The van der Waals surface area contributed by atoms with Crippen LogP contribution in [-0.2, 0) is 14.3 Å². The molecule has 1 aliphatic rings. The smallest absolute Gasteiger partial charge is 0.350 e. The van der Waals surface area contributed by atoms with E-state index < -0.39 is 17.5 Å². The molecule has 1 aromatic rings. The summed E-state index contributed by atoms with van der Waals surface area (Å²) in [6.45, 7) is 5.49. The third-order valence-electron chi connectivity index (χ3n) is 2.94. The first kappa shape index (κ1) is 12.4. The van der Waals surface area contributed by atoms with Gasteiger partial charge in [-0.05, 0) is 24.6 Å². The predicted molar refractivity (Wildman–Crippen MR) is 65.9 cm³/mol. The van der Waals surface area contributed by atoms with E-state index in [9.17, 15) is 9.59 Å². The molecule has 1 unspecified atom stereocenters. The van der Waals surface area contributed by atoms with Crippen LogP contribution in [0.4, 0.5) is 0 Å². The van der Waals surface area contributed by atoms with Crippen molar-refractivity contribution in [2.24, 2.45) is 0 Å². The number of hydrogen-bond donors (Lipinski definition) is 0. The van der Waals surface area contributed by atoms with Crippen molar-refractivity contribution < 1.29 is 19.1 Å².